The Hall–Kier alpha value is -0.380. The summed E-state index contributed by atoms with van der Waals surface area (Å²) in [5.74, 6) is 0.810. The summed E-state index contributed by atoms with van der Waals surface area (Å²) in [5.41, 5.74) is 1.52. The average molecular weight is 325 g/mol. The summed E-state index contributed by atoms with van der Waals surface area (Å²) in [6.07, 6.45) is 7.00. The molecule has 2 N–H and O–H groups in total. The Morgan fingerprint density at radius 2 is 1.42 bits per heavy atom. The average Bonchev–Trinajstić information content (AvgIpc) is 2.51. The van der Waals surface area contributed by atoms with Crippen molar-refractivity contribution in [1.29, 1.82) is 0 Å². The smallest absolute Gasteiger partial charge is 0.0210 e. The number of hydrogen-bond acceptors (Lipinski definition) is 2. The van der Waals surface area contributed by atoms with E-state index in [0.717, 1.165) is 32.1 Å². The molecule has 0 bridgehead atoms. The molecule has 0 spiro atoms. The predicted octanol–water partition coefficient (Wildman–Crippen LogP) is 3.68. The lowest BCUT2D eigenvalue weighted by Gasteiger charge is -2.22. The molecule has 0 aromatic heterocycles. The van der Waals surface area contributed by atoms with Crippen molar-refractivity contribution in [3.8, 4) is 0 Å². The van der Waals surface area contributed by atoms with Crippen molar-refractivity contribution in [2.24, 2.45) is 0 Å². The zero-order valence-electron chi connectivity index (χ0n) is 11.6. The Kier molecular flexibility index (Phi) is 6.90. The summed E-state index contributed by atoms with van der Waals surface area (Å²) in [6, 6.07) is 8.66. The van der Waals surface area contributed by atoms with E-state index in [9.17, 15) is 0 Å². The summed E-state index contributed by atoms with van der Waals surface area (Å²) in [7, 11) is 0. The van der Waals surface area contributed by atoms with Gasteiger partial charge < -0.3 is 10.6 Å². The molecule has 3 rings (SSSR count). The summed E-state index contributed by atoms with van der Waals surface area (Å²) < 4.78 is 1.29. The lowest BCUT2D eigenvalue weighted by molar-refractivity contribution is 0.442. The number of hydrogen-bond donors (Lipinski definition) is 2. The van der Waals surface area contributed by atoms with E-state index in [4.69, 9.17) is 0 Å². The maximum Gasteiger partial charge on any atom is 0.0210 e. The van der Waals surface area contributed by atoms with Gasteiger partial charge >= 0.3 is 0 Å². The van der Waals surface area contributed by atoms with Gasteiger partial charge in [-0.2, -0.15) is 0 Å². The molecule has 3 heteroatoms. The van der Waals surface area contributed by atoms with E-state index in [2.05, 4.69) is 50.8 Å². The fraction of sp³-hybridized carbons (Fsp3) is 0.625. The first-order valence-corrected chi connectivity index (χ1v) is 8.33. The molecule has 1 saturated carbocycles. The second-order valence-electron chi connectivity index (χ2n) is 5.36. The van der Waals surface area contributed by atoms with Crippen molar-refractivity contribution < 1.29 is 0 Å². The van der Waals surface area contributed by atoms with Gasteiger partial charge in [0.1, 0.15) is 0 Å². The van der Waals surface area contributed by atoms with Gasteiger partial charge in [0, 0.05) is 30.7 Å². The van der Waals surface area contributed by atoms with Gasteiger partial charge in [0.15, 0.2) is 0 Å². The van der Waals surface area contributed by atoms with Crippen molar-refractivity contribution in [3.63, 3.8) is 0 Å². The normalized spacial score (nSPS) is 20.5. The molecule has 1 saturated heterocycles. The first-order valence-electron chi connectivity index (χ1n) is 7.54. The van der Waals surface area contributed by atoms with Crippen LogP contribution in [-0.4, -0.2) is 26.2 Å². The lowest BCUT2D eigenvalue weighted by Crippen LogP contribution is -2.39. The molecule has 19 heavy (non-hydrogen) atoms. The molecule has 2 nitrogen and oxygen atoms in total. The molecule has 0 radical (unpaired) electrons. The summed E-state index contributed by atoms with van der Waals surface area (Å²) in [5, 5.41) is 6.44. The van der Waals surface area contributed by atoms with E-state index < -0.39 is 0 Å². The van der Waals surface area contributed by atoms with Crippen LogP contribution in [0, 0.1) is 0 Å². The fourth-order valence-electron chi connectivity index (χ4n) is 2.82. The van der Waals surface area contributed by atoms with Crippen molar-refractivity contribution in [1.82, 2.24) is 10.6 Å². The molecule has 1 aromatic rings. The van der Waals surface area contributed by atoms with Crippen LogP contribution in [0.5, 0.6) is 0 Å². The number of piperazine rings is 1. The van der Waals surface area contributed by atoms with Crippen LogP contribution in [0.15, 0.2) is 28.7 Å². The predicted molar refractivity (Wildman–Crippen MR) is 85.7 cm³/mol. The molecule has 2 aliphatic rings. The molecule has 0 atom stereocenters. The zero-order valence-corrected chi connectivity index (χ0v) is 13.2. The number of nitrogens with one attached hydrogen (secondary N) is 2. The van der Waals surface area contributed by atoms with Gasteiger partial charge in [-0.15, -0.1) is 0 Å². The standard InChI is InChI=1S/C12H15Br.C4H10N2/c13-12-9-5-4-8-11(12)10-6-2-1-3-7-10;1-2-6-4-3-5-1/h4-5,8-10H,1-3,6-7H2;5-6H,1-4H2. The van der Waals surface area contributed by atoms with Crippen LogP contribution in [0.1, 0.15) is 43.6 Å². The van der Waals surface area contributed by atoms with Crippen LogP contribution in [-0.2, 0) is 0 Å². The van der Waals surface area contributed by atoms with Crippen molar-refractivity contribution in [3.05, 3.63) is 34.3 Å². The van der Waals surface area contributed by atoms with E-state index in [1.165, 1.54) is 42.1 Å². The summed E-state index contributed by atoms with van der Waals surface area (Å²) in [4.78, 5) is 0. The molecule has 0 amide bonds. The SMILES string of the molecule is Brc1ccccc1C1CCCCC1.C1CNCCN1. The molecule has 1 aliphatic carbocycles. The second-order valence-corrected chi connectivity index (χ2v) is 6.21. The minimum Gasteiger partial charge on any atom is -0.314 e. The third-order valence-corrected chi connectivity index (χ3v) is 4.63. The first-order chi connectivity index (χ1) is 9.38. The fourth-order valence-corrected chi connectivity index (χ4v) is 3.43. The van der Waals surface area contributed by atoms with Gasteiger partial charge in [-0.3, -0.25) is 0 Å². The van der Waals surface area contributed by atoms with Crippen molar-refractivity contribution in [2.75, 3.05) is 26.2 Å². The Bertz CT molecular complexity index is 346. The van der Waals surface area contributed by atoms with Crippen LogP contribution in [0.25, 0.3) is 0 Å². The monoisotopic (exact) mass is 324 g/mol. The van der Waals surface area contributed by atoms with Crippen LogP contribution in [0.3, 0.4) is 0 Å². The van der Waals surface area contributed by atoms with Gasteiger partial charge in [-0.05, 0) is 30.4 Å². The van der Waals surface area contributed by atoms with Crippen LogP contribution in [0.2, 0.25) is 0 Å². The largest absolute Gasteiger partial charge is 0.314 e. The van der Waals surface area contributed by atoms with Gasteiger partial charge in [-0.1, -0.05) is 53.4 Å². The van der Waals surface area contributed by atoms with Crippen LogP contribution >= 0.6 is 15.9 Å². The molecule has 0 unspecified atom stereocenters. The van der Waals surface area contributed by atoms with Gasteiger partial charge in [-0.25, -0.2) is 0 Å². The molecule has 1 aliphatic heterocycles. The highest BCUT2D eigenvalue weighted by atomic mass is 79.9. The molecule has 106 valence electrons. The Morgan fingerprint density at radius 3 is 1.95 bits per heavy atom. The maximum atomic E-state index is 3.63. The highest BCUT2D eigenvalue weighted by Crippen LogP contribution is 2.35. The minimum absolute atomic E-state index is 0.810. The molecular weight excluding hydrogens is 300 g/mol. The van der Waals surface area contributed by atoms with Gasteiger partial charge in [0.25, 0.3) is 0 Å². The van der Waals surface area contributed by atoms with Gasteiger partial charge in [0.05, 0.1) is 0 Å². The molecular formula is C16H25BrN2. The van der Waals surface area contributed by atoms with E-state index in [1.54, 1.807) is 0 Å². The van der Waals surface area contributed by atoms with Crippen LogP contribution in [0.4, 0.5) is 0 Å². The Morgan fingerprint density at radius 1 is 0.842 bits per heavy atom. The van der Waals surface area contributed by atoms with E-state index >= 15 is 0 Å². The van der Waals surface area contributed by atoms with E-state index in [1.807, 2.05) is 0 Å². The van der Waals surface area contributed by atoms with E-state index in [0.29, 0.717) is 0 Å². The lowest BCUT2D eigenvalue weighted by atomic mass is 9.84. The zero-order chi connectivity index (χ0) is 13.3. The maximum absolute atomic E-state index is 3.63. The van der Waals surface area contributed by atoms with Crippen molar-refractivity contribution in [2.45, 2.75) is 38.0 Å². The number of halogens is 1. The second kappa shape index (κ2) is 8.72. The molecule has 1 aromatic carbocycles. The van der Waals surface area contributed by atoms with Gasteiger partial charge in [0.2, 0.25) is 0 Å². The van der Waals surface area contributed by atoms with Crippen LogP contribution < -0.4 is 10.6 Å². The number of benzene rings is 1. The summed E-state index contributed by atoms with van der Waals surface area (Å²) >= 11 is 3.63. The molecule has 2 fully saturated rings. The highest BCUT2D eigenvalue weighted by Gasteiger charge is 2.16. The number of rotatable bonds is 1. The minimum atomic E-state index is 0.810. The quantitative estimate of drug-likeness (QED) is 0.823. The third-order valence-electron chi connectivity index (χ3n) is 3.91. The Balaban J connectivity index is 0.000000186. The van der Waals surface area contributed by atoms with E-state index in [-0.39, 0.29) is 0 Å². The third kappa shape index (κ3) is 5.25. The van der Waals surface area contributed by atoms with Crippen molar-refractivity contribution >= 4 is 15.9 Å². The highest BCUT2D eigenvalue weighted by molar-refractivity contribution is 9.10. The Labute approximate surface area is 125 Å². The summed E-state index contributed by atoms with van der Waals surface area (Å²) in [6.45, 7) is 4.56. The molecule has 1 heterocycles. The first kappa shape index (κ1) is 15.0. The topological polar surface area (TPSA) is 24.1 Å².